The molecule has 0 aliphatic heterocycles. The van der Waals surface area contributed by atoms with E-state index in [4.69, 9.17) is 0 Å². The van der Waals surface area contributed by atoms with Gasteiger partial charge in [-0.05, 0) is 49.7 Å². The Balaban J connectivity index is 2.42. The van der Waals surface area contributed by atoms with Crippen molar-refractivity contribution in [2.45, 2.75) is 8.42 Å². The lowest BCUT2D eigenvalue weighted by atomic mass is 10.7. The molecular weight excluding hydrogens is 642 g/mol. The van der Waals surface area contributed by atoms with Crippen LogP contribution in [0.15, 0.2) is 17.6 Å². The molecule has 86 valence electrons. The fraction of sp³-hybridized carbons (Fsp3) is 0. The summed E-state index contributed by atoms with van der Waals surface area (Å²) in [5.74, 6) is 0. The summed E-state index contributed by atoms with van der Waals surface area (Å²) < 4.78 is 4.15. The zero-order valence-corrected chi connectivity index (χ0v) is 17.8. The Morgan fingerprint density at radius 2 is 1.25 bits per heavy atom. The normalized spacial score (nSPS) is 11.0. The van der Waals surface area contributed by atoms with Crippen molar-refractivity contribution >= 4 is 115 Å². The Hall–Kier alpha value is 2.38. The molecule has 0 aliphatic rings. The molecular formula is C6Br2I2N2S4. The number of halogens is 4. The lowest BCUT2D eigenvalue weighted by Crippen LogP contribution is -1.72. The van der Waals surface area contributed by atoms with Crippen LogP contribution in [0.4, 0.5) is 0 Å². The van der Waals surface area contributed by atoms with E-state index in [0.29, 0.717) is 0 Å². The smallest absolute Gasteiger partial charge is 0.154 e. The highest BCUT2D eigenvalue weighted by Crippen LogP contribution is 2.45. The first kappa shape index (κ1) is 14.8. The van der Waals surface area contributed by atoms with Crippen LogP contribution in [0.3, 0.4) is 0 Å². The number of thiazole rings is 2. The second-order valence-electron chi connectivity index (χ2n) is 2.35. The Labute approximate surface area is 150 Å². The Morgan fingerprint density at radius 1 is 0.875 bits per heavy atom. The summed E-state index contributed by atoms with van der Waals surface area (Å²) in [7, 11) is 3.33. The van der Waals surface area contributed by atoms with Gasteiger partial charge in [0.05, 0.1) is 0 Å². The number of nitrogens with zero attached hydrogens (tertiary/aromatic N) is 2. The molecule has 2 aromatic rings. The zero-order valence-electron chi connectivity index (χ0n) is 7.04. The monoisotopic (exact) mass is 640 g/mol. The third-order valence-electron chi connectivity index (χ3n) is 1.44. The summed E-state index contributed by atoms with van der Waals surface area (Å²) in [5.41, 5.74) is 0. The summed E-state index contributed by atoms with van der Waals surface area (Å²) in [6, 6.07) is 0. The van der Waals surface area contributed by atoms with E-state index in [-0.39, 0.29) is 0 Å². The van der Waals surface area contributed by atoms with Crippen molar-refractivity contribution in [2.24, 2.45) is 0 Å². The highest BCUT2D eigenvalue weighted by atomic mass is 127. The molecule has 0 saturated heterocycles. The second-order valence-corrected chi connectivity index (χ2v) is 10.1. The highest BCUT2D eigenvalue weighted by Gasteiger charge is 2.16. The van der Waals surface area contributed by atoms with Gasteiger partial charge in [0.2, 0.25) is 0 Å². The minimum absolute atomic E-state index is 0.905. The molecule has 0 unspecified atom stereocenters. The highest BCUT2D eigenvalue weighted by molar-refractivity contribution is 14.2. The minimum Gasteiger partial charge on any atom is -0.225 e. The van der Waals surface area contributed by atoms with Crippen molar-refractivity contribution in [1.29, 1.82) is 0 Å². The van der Waals surface area contributed by atoms with Gasteiger partial charge in [0, 0.05) is 42.4 Å². The van der Waals surface area contributed by atoms with Gasteiger partial charge in [-0.25, -0.2) is 9.97 Å². The van der Waals surface area contributed by atoms with Gasteiger partial charge < -0.3 is 0 Å². The molecule has 0 N–H and O–H groups in total. The maximum atomic E-state index is 4.47. The largest absolute Gasteiger partial charge is 0.225 e. The van der Waals surface area contributed by atoms with Crippen LogP contribution in [-0.2, 0) is 0 Å². The molecule has 10 heteroatoms. The molecule has 0 aliphatic carbocycles. The van der Waals surface area contributed by atoms with Gasteiger partial charge in [-0.2, -0.15) is 0 Å². The molecule has 0 aromatic carbocycles. The minimum atomic E-state index is 0.905. The van der Waals surface area contributed by atoms with Gasteiger partial charge in [0.1, 0.15) is 17.6 Å². The molecule has 2 heterocycles. The van der Waals surface area contributed by atoms with Crippen molar-refractivity contribution in [3.63, 3.8) is 0 Å². The fourth-order valence-electron chi connectivity index (χ4n) is 0.853. The predicted molar refractivity (Wildman–Crippen MR) is 98.4 cm³/mol. The zero-order chi connectivity index (χ0) is 11.7. The topological polar surface area (TPSA) is 25.8 Å². The molecule has 0 spiro atoms. The first-order valence-corrected chi connectivity index (χ1v) is 13.5. The van der Waals surface area contributed by atoms with Crippen molar-refractivity contribution in [2.75, 3.05) is 0 Å². The third kappa shape index (κ3) is 3.28. The van der Waals surface area contributed by atoms with Crippen LogP contribution in [-0.4, -0.2) is 9.97 Å². The van der Waals surface area contributed by atoms with E-state index in [1.165, 1.54) is 8.42 Å². The van der Waals surface area contributed by atoms with Gasteiger partial charge >= 0.3 is 0 Å². The van der Waals surface area contributed by atoms with E-state index in [9.17, 15) is 0 Å². The predicted octanol–water partition coefficient (Wildman–Crippen LogP) is 6.68. The SMILES string of the molecule is Brc1nc(-c2nc(Br)c(SI)s2)sc1SI. The molecule has 0 bridgehead atoms. The summed E-state index contributed by atoms with van der Waals surface area (Å²) in [4.78, 5) is 8.93. The molecule has 0 amide bonds. The molecule has 0 atom stereocenters. The molecule has 2 rings (SSSR count). The van der Waals surface area contributed by atoms with Crippen LogP contribution in [0.5, 0.6) is 0 Å². The summed E-state index contributed by atoms with van der Waals surface area (Å²) in [6.07, 6.45) is 0. The second kappa shape index (κ2) is 6.70. The molecule has 0 fully saturated rings. The van der Waals surface area contributed by atoms with Crippen molar-refractivity contribution in [3.05, 3.63) is 9.21 Å². The van der Waals surface area contributed by atoms with Crippen LogP contribution < -0.4 is 0 Å². The molecule has 2 nitrogen and oxygen atoms in total. The van der Waals surface area contributed by atoms with E-state index >= 15 is 0 Å². The maximum Gasteiger partial charge on any atom is 0.154 e. The van der Waals surface area contributed by atoms with Crippen LogP contribution in [0.1, 0.15) is 0 Å². The van der Waals surface area contributed by atoms with Crippen LogP contribution in [0.2, 0.25) is 0 Å². The fourth-order valence-corrected chi connectivity index (χ4v) is 9.44. The van der Waals surface area contributed by atoms with Crippen molar-refractivity contribution < 1.29 is 0 Å². The molecule has 0 saturated carbocycles. The Kier molecular flexibility index (Phi) is 6.19. The third-order valence-corrected chi connectivity index (χ3v) is 11.6. The first-order valence-electron chi connectivity index (χ1n) is 3.56. The van der Waals surface area contributed by atoms with Gasteiger partial charge in [-0.1, -0.05) is 0 Å². The average Bonchev–Trinajstić information content (AvgIpc) is 2.81. The number of hydrogen-bond acceptors (Lipinski definition) is 6. The molecule has 0 radical (unpaired) electrons. The number of aromatic nitrogens is 2. The van der Waals surface area contributed by atoms with Gasteiger partial charge in [0.25, 0.3) is 0 Å². The Morgan fingerprint density at radius 3 is 1.50 bits per heavy atom. The van der Waals surface area contributed by atoms with E-state index < -0.39 is 0 Å². The first-order chi connectivity index (χ1) is 7.65. The number of hydrogen-bond donors (Lipinski definition) is 0. The van der Waals surface area contributed by atoms with Gasteiger partial charge in [-0.3, -0.25) is 0 Å². The van der Waals surface area contributed by atoms with Crippen LogP contribution in [0, 0.1) is 0 Å². The summed E-state index contributed by atoms with van der Waals surface area (Å²) in [5, 5.41) is 1.93. The summed E-state index contributed by atoms with van der Waals surface area (Å²) in [6.45, 7) is 0. The quantitative estimate of drug-likeness (QED) is 0.350. The van der Waals surface area contributed by atoms with E-state index in [1.807, 2.05) is 0 Å². The van der Waals surface area contributed by atoms with Crippen LogP contribution in [0.25, 0.3) is 10.0 Å². The lowest BCUT2D eigenvalue weighted by Gasteiger charge is -1.84. The van der Waals surface area contributed by atoms with E-state index in [0.717, 1.165) is 19.2 Å². The molecule has 2 aromatic heterocycles. The Bertz CT molecular complexity index is 468. The number of rotatable bonds is 3. The van der Waals surface area contributed by atoms with Crippen molar-refractivity contribution in [1.82, 2.24) is 9.97 Å². The summed E-state index contributed by atoms with van der Waals surface area (Å²) >= 11 is 14.7. The van der Waals surface area contributed by atoms with Gasteiger partial charge in [0.15, 0.2) is 10.0 Å². The van der Waals surface area contributed by atoms with Crippen molar-refractivity contribution in [3.8, 4) is 10.0 Å². The van der Waals surface area contributed by atoms with Crippen LogP contribution >= 0.6 is 115 Å². The van der Waals surface area contributed by atoms with E-state index in [2.05, 4.69) is 84.2 Å². The maximum absolute atomic E-state index is 4.47. The van der Waals surface area contributed by atoms with Gasteiger partial charge in [-0.15, -0.1) is 22.7 Å². The van der Waals surface area contributed by atoms with E-state index in [1.54, 1.807) is 40.5 Å². The average molecular weight is 642 g/mol. The lowest BCUT2D eigenvalue weighted by molar-refractivity contribution is 1.26. The molecule has 16 heavy (non-hydrogen) atoms. The standard InChI is InChI=1S/C6Br2I2N2S4/c7-1-5(15-9)13-3(11-1)4-12-2(8)6(14-4)16-10.